The van der Waals surface area contributed by atoms with Crippen LogP contribution in [0.4, 0.5) is 11.5 Å². The summed E-state index contributed by atoms with van der Waals surface area (Å²) >= 11 is 0. The molecular weight excluding hydrogens is 370 g/mol. The van der Waals surface area contributed by atoms with Crippen molar-refractivity contribution >= 4 is 17.4 Å². The number of nitro benzene ring substituents is 1. The molecule has 148 valence electrons. The molecule has 1 aromatic heterocycles. The third-order valence-electron chi connectivity index (χ3n) is 4.41. The first-order valence-corrected chi connectivity index (χ1v) is 9.23. The van der Waals surface area contributed by atoms with Gasteiger partial charge in [0, 0.05) is 18.3 Å². The Bertz CT molecular complexity index is 958. The third-order valence-corrected chi connectivity index (χ3v) is 4.41. The number of anilines is 1. The molecule has 0 N–H and O–H groups in total. The number of hydrogen-bond acceptors (Lipinski definition) is 5. The van der Waals surface area contributed by atoms with E-state index in [4.69, 9.17) is 4.74 Å². The SMILES string of the molecule is CCc1ccc(CN(C(=O)COc2ccc([N+](=O)[O-])cc2)c2ccccn2)cc1. The number of benzene rings is 2. The van der Waals surface area contributed by atoms with E-state index in [1.165, 1.54) is 29.8 Å². The molecule has 0 fully saturated rings. The molecule has 7 nitrogen and oxygen atoms in total. The number of aromatic nitrogens is 1. The van der Waals surface area contributed by atoms with Crippen LogP contribution in [0.3, 0.4) is 0 Å². The quantitative estimate of drug-likeness (QED) is 0.425. The van der Waals surface area contributed by atoms with Crippen LogP contribution in [0.5, 0.6) is 5.75 Å². The molecule has 2 aromatic carbocycles. The first kappa shape index (κ1) is 20.0. The van der Waals surface area contributed by atoms with Crippen LogP contribution in [-0.4, -0.2) is 22.4 Å². The Balaban J connectivity index is 1.72. The van der Waals surface area contributed by atoms with Crippen molar-refractivity contribution in [3.05, 3.63) is 94.2 Å². The van der Waals surface area contributed by atoms with E-state index in [9.17, 15) is 14.9 Å². The van der Waals surface area contributed by atoms with Crippen LogP contribution in [0.25, 0.3) is 0 Å². The maximum Gasteiger partial charge on any atom is 0.269 e. The van der Waals surface area contributed by atoms with E-state index < -0.39 is 4.92 Å². The number of nitro groups is 1. The van der Waals surface area contributed by atoms with Gasteiger partial charge in [-0.1, -0.05) is 37.3 Å². The second-order valence-corrected chi connectivity index (χ2v) is 6.38. The molecule has 0 bridgehead atoms. The summed E-state index contributed by atoms with van der Waals surface area (Å²) in [4.78, 5) is 29.0. The lowest BCUT2D eigenvalue weighted by atomic mass is 10.1. The zero-order valence-electron chi connectivity index (χ0n) is 16.0. The highest BCUT2D eigenvalue weighted by Crippen LogP contribution is 2.19. The molecule has 0 unspecified atom stereocenters. The summed E-state index contributed by atoms with van der Waals surface area (Å²) in [6, 6.07) is 19.1. The molecule has 0 saturated carbocycles. The normalized spacial score (nSPS) is 10.4. The van der Waals surface area contributed by atoms with Crippen LogP contribution in [0.1, 0.15) is 18.1 Å². The Labute approximate surface area is 168 Å². The van der Waals surface area contributed by atoms with E-state index in [0.717, 1.165) is 12.0 Å². The number of pyridine rings is 1. The summed E-state index contributed by atoms with van der Waals surface area (Å²) in [6.07, 6.45) is 2.58. The zero-order valence-corrected chi connectivity index (χ0v) is 16.0. The van der Waals surface area contributed by atoms with E-state index in [0.29, 0.717) is 18.1 Å². The molecule has 0 saturated heterocycles. The fourth-order valence-electron chi connectivity index (χ4n) is 2.76. The summed E-state index contributed by atoms with van der Waals surface area (Å²) in [5.41, 5.74) is 2.18. The number of aryl methyl sites for hydroxylation is 1. The molecule has 0 spiro atoms. The molecule has 0 aliphatic rings. The van der Waals surface area contributed by atoms with Gasteiger partial charge >= 0.3 is 0 Å². The van der Waals surface area contributed by atoms with Crippen LogP contribution in [-0.2, 0) is 17.8 Å². The lowest BCUT2D eigenvalue weighted by molar-refractivity contribution is -0.384. The topological polar surface area (TPSA) is 85.6 Å². The minimum Gasteiger partial charge on any atom is -0.484 e. The number of amides is 1. The Morgan fingerprint density at radius 3 is 2.31 bits per heavy atom. The van der Waals surface area contributed by atoms with Gasteiger partial charge in [0.1, 0.15) is 11.6 Å². The molecular formula is C22H21N3O4. The van der Waals surface area contributed by atoms with E-state index in [2.05, 4.69) is 11.9 Å². The highest BCUT2D eigenvalue weighted by Gasteiger charge is 2.18. The summed E-state index contributed by atoms with van der Waals surface area (Å²) in [5, 5.41) is 10.7. The van der Waals surface area contributed by atoms with Crippen molar-refractivity contribution in [3.63, 3.8) is 0 Å². The lowest BCUT2D eigenvalue weighted by Crippen LogP contribution is -2.35. The van der Waals surface area contributed by atoms with Crippen LogP contribution < -0.4 is 9.64 Å². The van der Waals surface area contributed by atoms with Crippen molar-refractivity contribution < 1.29 is 14.5 Å². The van der Waals surface area contributed by atoms with Crippen molar-refractivity contribution in [2.75, 3.05) is 11.5 Å². The lowest BCUT2D eigenvalue weighted by Gasteiger charge is -2.22. The van der Waals surface area contributed by atoms with Gasteiger partial charge in [0.05, 0.1) is 11.5 Å². The van der Waals surface area contributed by atoms with Crippen molar-refractivity contribution in [2.45, 2.75) is 19.9 Å². The molecule has 29 heavy (non-hydrogen) atoms. The standard InChI is InChI=1S/C22H21N3O4/c1-2-17-6-8-18(9-7-17)15-24(21-5-3-4-14-23-21)22(26)16-29-20-12-10-19(11-13-20)25(27)28/h3-14H,2,15-16H2,1H3. The van der Waals surface area contributed by atoms with Gasteiger partial charge in [0.15, 0.2) is 6.61 Å². The number of non-ortho nitro benzene ring substituents is 1. The number of carbonyl (C=O) groups excluding carboxylic acids is 1. The number of hydrogen-bond donors (Lipinski definition) is 0. The fraction of sp³-hybridized carbons (Fsp3) is 0.182. The number of ether oxygens (including phenoxy) is 1. The molecule has 0 radical (unpaired) electrons. The van der Waals surface area contributed by atoms with Gasteiger partial charge in [-0.15, -0.1) is 0 Å². The highest BCUT2D eigenvalue weighted by molar-refractivity contribution is 5.93. The Morgan fingerprint density at radius 2 is 1.72 bits per heavy atom. The first-order valence-electron chi connectivity index (χ1n) is 9.23. The van der Waals surface area contributed by atoms with E-state index in [1.807, 2.05) is 30.3 Å². The molecule has 0 aliphatic heterocycles. The minimum absolute atomic E-state index is 0.0330. The Kier molecular flexibility index (Phi) is 6.52. The monoisotopic (exact) mass is 391 g/mol. The fourth-order valence-corrected chi connectivity index (χ4v) is 2.76. The van der Waals surface area contributed by atoms with Gasteiger partial charge in [-0.3, -0.25) is 19.8 Å². The van der Waals surface area contributed by atoms with Crippen LogP contribution in [0, 0.1) is 10.1 Å². The Morgan fingerprint density at radius 1 is 1.03 bits per heavy atom. The van der Waals surface area contributed by atoms with Crippen LogP contribution >= 0.6 is 0 Å². The molecule has 0 aliphatic carbocycles. The maximum absolute atomic E-state index is 12.9. The predicted molar refractivity (Wildman–Crippen MR) is 110 cm³/mol. The molecule has 3 rings (SSSR count). The van der Waals surface area contributed by atoms with Crippen molar-refractivity contribution in [2.24, 2.45) is 0 Å². The van der Waals surface area contributed by atoms with E-state index in [1.54, 1.807) is 23.2 Å². The predicted octanol–water partition coefficient (Wildman–Crippen LogP) is 4.16. The summed E-state index contributed by atoms with van der Waals surface area (Å²) < 4.78 is 5.54. The van der Waals surface area contributed by atoms with Gasteiger partial charge in [0.25, 0.3) is 11.6 Å². The second-order valence-electron chi connectivity index (χ2n) is 6.38. The number of carbonyl (C=O) groups is 1. The van der Waals surface area contributed by atoms with Crippen molar-refractivity contribution in [1.82, 2.24) is 4.98 Å². The highest BCUT2D eigenvalue weighted by atomic mass is 16.6. The average molecular weight is 391 g/mol. The van der Waals surface area contributed by atoms with Gasteiger partial charge in [-0.05, 0) is 41.8 Å². The Hall–Kier alpha value is -3.74. The van der Waals surface area contributed by atoms with Gasteiger partial charge < -0.3 is 4.74 Å². The van der Waals surface area contributed by atoms with Crippen LogP contribution in [0.15, 0.2) is 72.9 Å². The summed E-state index contributed by atoms with van der Waals surface area (Å²) in [6.45, 7) is 2.25. The molecule has 0 atom stereocenters. The summed E-state index contributed by atoms with van der Waals surface area (Å²) in [7, 11) is 0. The molecule has 3 aromatic rings. The minimum atomic E-state index is -0.485. The van der Waals surface area contributed by atoms with E-state index in [-0.39, 0.29) is 18.2 Å². The largest absolute Gasteiger partial charge is 0.484 e. The number of nitrogens with zero attached hydrogens (tertiary/aromatic N) is 3. The average Bonchev–Trinajstić information content (AvgIpc) is 2.77. The van der Waals surface area contributed by atoms with Gasteiger partial charge in [0.2, 0.25) is 0 Å². The molecule has 1 amide bonds. The third kappa shape index (κ3) is 5.38. The zero-order chi connectivity index (χ0) is 20.6. The maximum atomic E-state index is 12.9. The summed E-state index contributed by atoms with van der Waals surface area (Å²) in [5.74, 6) is 0.656. The van der Waals surface area contributed by atoms with Crippen molar-refractivity contribution in [1.29, 1.82) is 0 Å². The second kappa shape index (κ2) is 9.45. The number of rotatable bonds is 8. The molecule has 1 heterocycles. The van der Waals surface area contributed by atoms with E-state index >= 15 is 0 Å². The molecule has 7 heteroatoms. The smallest absolute Gasteiger partial charge is 0.269 e. The van der Waals surface area contributed by atoms with Crippen LogP contribution in [0.2, 0.25) is 0 Å². The van der Waals surface area contributed by atoms with Crippen molar-refractivity contribution in [3.8, 4) is 5.75 Å². The van der Waals surface area contributed by atoms with Gasteiger partial charge in [-0.2, -0.15) is 0 Å². The van der Waals surface area contributed by atoms with Gasteiger partial charge in [-0.25, -0.2) is 4.98 Å². The first-order chi connectivity index (χ1) is 14.1.